The molecular weight excluding hydrogens is 542 g/mol. The lowest BCUT2D eigenvalue weighted by atomic mass is 9.96. The first-order chi connectivity index (χ1) is 19.3. The number of hydrogen-bond donors (Lipinski definition) is 3. The molecule has 216 valence electrons. The maximum absolute atomic E-state index is 16.0. The predicted molar refractivity (Wildman–Crippen MR) is 146 cm³/mol. The highest BCUT2D eigenvalue weighted by molar-refractivity contribution is 5.97. The van der Waals surface area contributed by atoms with E-state index in [2.05, 4.69) is 0 Å². The van der Waals surface area contributed by atoms with Gasteiger partial charge in [0.05, 0.1) is 41.1 Å². The molecule has 0 atom stereocenters. The average molecular weight is 571 g/mol. The van der Waals surface area contributed by atoms with Crippen molar-refractivity contribution < 1.29 is 32.6 Å². The van der Waals surface area contributed by atoms with Crippen LogP contribution in [0.4, 0.5) is 20.2 Å². The number of pyridine rings is 1. The maximum atomic E-state index is 16.0. The van der Waals surface area contributed by atoms with E-state index in [9.17, 15) is 29.0 Å². The Labute approximate surface area is 231 Å². The Balaban J connectivity index is 1.64. The zero-order valence-electron chi connectivity index (χ0n) is 22.7. The lowest BCUT2D eigenvalue weighted by Gasteiger charge is -2.46. The number of aromatic carboxylic acids is 1. The molecule has 5 rings (SSSR count). The molecule has 0 spiro atoms. The van der Waals surface area contributed by atoms with E-state index in [-0.39, 0.29) is 45.1 Å². The third-order valence-corrected chi connectivity index (χ3v) is 7.72. The van der Waals surface area contributed by atoms with Gasteiger partial charge in [-0.1, -0.05) is 0 Å². The number of aromatic nitrogens is 1. The second-order valence-corrected chi connectivity index (χ2v) is 10.3. The van der Waals surface area contributed by atoms with Crippen LogP contribution in [-0.4, -0.2) is 51.8 Å². The summed E-state index contributed by atoms with van der Waals surface area (Å²) in [5, 5.41) is 19.6. The fourth-order valence-corrected chi connectivity index (χ4v) is 5.37. The minimum absolute atomic E-state index is 0.0288. The van der Waals surface area contributed by atoms with Crippen molar-refractivity contribution in [3.63, 3.8) is 0 Å². The van der Waals surface area contributed by atoms with Crippen molar-refractivity contribution in [2.24, 2.45) is 0 Å². The van der Waals surface area contributed by atoms with Crippen molar-refractivity contribution in [1.82, 2.24) is 9.47 Å². The number of carboxylic acids is 1. The Hall–Kier alpha value is -4.49. The number of benzene rings is 2. The lowest BCUT2D eigenvalue weighted by Crippen LogP contribution is -2.58. The van der Waals surface area contributed by atoms with Crippen LogP contribution < -0.4 is 21.9 Å². The molecule has 2 aromatic heterocycles. The van der Waals surface area contributed by atoms with Crippen LogP contribution in [0.5, 0.6) is 0 Å². The van der Waals surface area contributed by atoms with Gasteiger partial charge in [0.15, 0.2) is 11.6 Å². The molecule has 4 N–H and O–H groups in total. The Bertz CT molecular complexity index is 1840. The number of fused-ring (bicyclic) bond motifs is 1. The molecule has 0 amide bonds. The molecule has 0 saturated carbocycles. The van der Waals surface area contributed by atoms with E-state index in [0.29, 0.717) is 36.7 Å². The number of anilines is 2. The van der Waals surface area contributed by atoms with Crippen molar-refractivity contribution in [2.75, 3.05) is 30.8 Å². The topological polar surface area (TPSA) is 155 Å². The van der Waals surface area contributed by atoms with Gasteiger partial charge in [0, 0.05) is 42.0 Å². The molecule has 1 saturated heterocycles. The van der Waals surface area contributed by atoms with E-state index in [1.54, 1.807) is 18.7 Å². The number of halogens is 2. The molecule has 1 fully saturated rings. The smallest absolute Gasteiger partial charge is 0.477 e. The third-order valence-electron chi connectivity index (χ3n) is 7.72. The fraction of sp³-hybridized carbons (Fsp3) is 0.321. The molecule has 11 nitrogen and oxygen atoms in total. The molecule has 41 heavy (non-hydrogen) atoms. The zero-order chi connectivity index (χ0) is 29.9. The van der Waals surface area contributed by atoms with Crippen LogP contribution in [0.1, 0.15) is 38.6 Å². The number of rotatable bonds is 7. The molecule has 1 aliphatic heterocycles. The average Bonchev–Trinajstić information content (AvgIpc) is 3.20. The maximum Gasteiger partial charge on any atom is 0.519 e. The van der Waals surface area contributed by atoms with Gasteiger partial charge in [-0.05, 0) is 40.0 Å². The molecular formula is C28H28F2N4O7. The van der Waals surface area contributed by atoms with E-state index in [1.807, 2.05) is 11.9 Å². The van der Waals surface area contributed by atoms with Gasteiger partial charge in [-0.2, -0.15) is 0 Å². The summed E-state index contributed by atoms with van der Waals surface area (Å²) < 4.78 is 41.6. The summed E-state index contributed by atoms with van der Waals surface area (Å²) in [5.74, 6) is -2.97. The fourth-order valence-electron chi connectivity index (χ4n) is 5.37. The van der Waals surface area contributed by atoms with Crippen molar-refractivity contribution in [3.05, 3.63) is 84.6 Å². The van der Waals surface area contributed by atoms with E-state index in [0.717, 1.165) is 12.3 Å². The van der Waals surface area contributed by atoms with Crippen molar-refractivity contribution in [3.8, 4) is 5.69 Å². The number of likely N-dealkylation sites (N-methyl/N-ethyl adjacent to an activating group) is 1. The monoisotopic (exact) mass is 570 g/mol. The molecule has 0 radical (unpaired) electrons. The Morgan fingerprint density at radius 3 is 2.41 bits per heavy atom. The van der Waals surface area contributed by atoms with Gasteiger partial charge in [0.25, 0.3) is 0 Å². The standard InChI is InChI=1S/C28H28F2N4O7/c1-12-22-24(34(9-17(26(22)36)27(37)38)20-6-19(31)18(29)5-15(20)11-35)13(2)25(23(12)30)33-7-16(8-33)32(4)10-21-14(3)40-28(39)41-21/h5-6,9,16,35H,7-8,10-11,31H2,1-4H3,(H,37,38). The highest BCUT2D eigenvalue weighted by Gasteiger charge is 2.35. The number of aliphatic hydroxyl groups is 1. The summed E-state index contributed by atoms with van der Waals surface area (Å²) in [5.41, 5.74) is 5.05. The van der Waals surface area contributed by atoms with Gasteiger partial charge in [-0.25, -0.2) is 18.4 Å². The van der Waals surface area contributed by atoms with Crippen LogP contribution >= 0.6 is 0 Å². The van der Waals surface area contributed by atoms with Gasteiger partial charge in [-0.15, -0.1) is 0 Å². The first-order valence-electron chi connectivity index (χ1n) is 12.7. The van der Waals surface area contributed by atoms with Gasteiger partial charge in [0.1, 0.15) is 17.1 Å². The van der Waals surface area contributed by atoms with Crippen LogP contribution in [0.15, 0.2) is 36.8 Å². The number of aliphatic hydroxyl groups excluding tert-OH is 1. The van der Waals surface area contributed by atoms with Crippen molar-refractivity contribution >= 4 is 28.2 Å². The first-order valence-corrected chi connectivity index (χ1v) is 12.7. The largest absolute Gasteiger partial charge is 0.519 e. The van der Waals surface area contributed by atoms with Gasteiger partial charge < -0.3 is 34.2 Å². The SMILES string of the molecule is Cc1oc(=O)oc1CN(C)C1CN(c2c(F)c(C)c3c(=O)c(C(=O)O)cn(-c4cc(N)c(F)cc4CO)c3c2C)C1. The van der Waals surface area contributed by atoms with Gasteiger partial charge in [0.2, 0.25) is 5.43 Å². The summed E-state index contributed by atoms with van der Waals surface area (Å²) in [6.45, 7) is 5.16. The Morgan fingerprint density at radius 1 is 1.15 bits per heavy atom. The zero-order valence-corrected chi connectivity index (χ0v) is 22.7. The Morgan fingerprint density at radius 2 is 1.83 bits per heavy atom. The number of hydrogen-bond acceptors (Lipinski definition) is 9. The summed E-state index contributed by atoms with van der Waals surface area (Å²) in [6.07, 6.45) is 1.08. The van der Waals surface area contributed by atoms with E-state index < -0.39 is 41.0 Å². The van der Waals surface area contributed by atoms with Crippen LogP contribution in [0.3, 0.4) is 0 Å². The van der Waals surface area contributed by atoms with Crippen molar-refractivity contribution in [2.45, 2.75) is 40.0 Å². The molecule has 3 heterocycles. The van der Waals surface area contributed by atoms with E-state index in [1.165, 1.54) is 17.6 Å². The number of nitrogen functional groups attached to an aromatic ring is 1. The van der Waals surface area contributed by atoms with Gasteiger partial charge in [-0.3, -0.25) is 9.69 Å². The van der Waals surface area contributed by atoms with Crippen LogP contribution in [0.25, 0.3) is 16.6 Å². The minimum Gasteiger partial charge on any atom is -0.477 e. The number of nitrogens with zero attached hydrogens (tertiary/aromatic N) is 3. The van der Waals surface area contributed by atoms with Gasteiger partial charge >= 0.3 is 11.8 Å². The second-order valence-electron chi connectivity index (χ2n) is 10.3. The molecule has 4 aromatic rings. The van der Waals surface area contributed by atoms with Crippen LogP contribution in [0.2, 0.25) is 0 Å². The van der Waals surface area contributed by atoms with E-state index >= 15 is 4.39 Å². The minimum atomic E-state index is -1.52. The highest BCUT2D eigenvalue weighted by Crippen LogP contribution is 2.38. The summed E-state index contributed by atoms with van der Waals surface area (Å²) >= 11 is 0. The third kappa shape index (κ3) is 4.56. The first kappa shape index (κ1) is 28.1. The molecule has 0 unspecified atom stereocenters. The molecule has 0 aliphatic carbocycles. The summed E-state index contributed by atoms with van der Waals surface area (Å²) in [6, 6.07) is 2.24. The molecule has 1 aliphatic rings. The lowest BCUT2D eigenvalue weighted by molar-refractivity contribution is 0.0695. The van der Waals surface area contributed by atoms with Crippen molar-refractivity contribution in [1.29, 1.82) is 0 Å². The quantitative estimate of drug-likeness (QED) is 0.283. The van der Waals surface area contributed by atoms with Crippen LogP contribution in [0, 0.1) is 32.4 Å². The summed E-state index contributed by atoms with van der Waals surface area (Å²) in [7, 11) is 1.84. The normalized spacial score (nSPS) is 13.8. The number of carbonyl (C=O) groups is 1. The summed E-state index contributed by atoms with van der Waals surface area (Å²) in [4.78, 5) is 40.4. The second kappa shape index (κ2) is 10.2. The molecule has 0 bridgehead atoms. The molecule has 2 aromatic carbocycles. The van der Waals surface area contributed by atoms with E-state index in [4.69, 9.17) is 14.6 Å². The number of carboxylic acid groups (broad SMARTS) is 1. The highest BCUT2D eigenvalue weighted by atomic mass is 19.1. The predicted octanol–water partition coefficient (Wildman–Crippen LogP) is 2.83. The van der Waals surface area contributed by atoms with Crippen LogP contribution in [-0.2, 0) is 13.2 Å². The molecule has 13 heteroatoms. The Kier molecular flexibility index (Phi) is 6.95. The number of nitrogens with two attached hydrogens (primary N) is 1. The number of aryl methyl sites for hydroxylation is 3.